The summed E-state index contributed by atoms with van der Waals surface area (Å²) in [6, 6.07) is 4.39. The summed E-state index contributed by atoms with van der Waals surface area (Å²) in [7, 11) is 0. The van der Waals surface area contributed by atoms with Crippen LogP contribution in [0.2, 0.25) is 0 Å². The molecule has 4 heteroatoms. The molecule has 3 heterocycles. The Balaban J connectivity index is 1.54. The number of nitrogens with zero attached hydrogens (tertiary/aromatic N) is 3. The Bertz CT molecular complexity index is 387. The molecule has 98 valence electrons. The highest BCUT2D eigenvalue weighted by molar-refractivity contribution is 5.17. The molecule has 18 heavy (non-hydrogen) atoms. The first-order valence-corrected chi connectivity index (χ1v) is 6.91. The molecule has 0 aliphatic carbocycles. The van der Waals surface area contributed by atoms with Crippen molar-refractivity contribution in [1.29, 1.82) is 0 Å². The minimum absolute atomic E-state index is 0.245. The van der Waals surface area contributed by atoms with Gasteiger partial charge in [0.2, 0.25) is 0 Å². The molecular formula is C14H21N3O. The molecule has 2 saturated heterocycles. The molecule has 0 bridgehead atoms. The number of aromatic nitrogens is 1. The molecule has 4 nitrogen and oxygen atoms in total. The van der Waals surface area contributed by atoms with Gasteiger partial charge in [-0.15, -0.1) is 0 Å². The molecule has 1 N–H and O–H groups in total. The quantitative estimate of drug-likeness (QED) is 0.877. The number of hydrogen-bond donors (Lipinski definition) is 1. The van der Waals surface area contributed by atoms with Gasteiger partial charge >= 0.3 is 0 Å². The van der Waals surface area contributed by atoms with E-state index in [2.05, 4.69) is 14.8 Å². The van der Waals surface area contributed by atoms with Gasteiger partial charge in [0.1, 0.15) is 5.75 Å². The van der Waals surface area contributed by atoms with Gasteiger partial charge in [0.05, 0.1) is 11.9 Å². The third-order valence-electron chi connectivity index (χ3n) is 4.10. The minimum atomic E-state index is 0.245. The number of aromatic hydroxyl groups is 1. The lowest BCUT2D eigenvalue weighted by Crippen LogP contribution is -2.35. The first-order valence-electron chi connectivity index (χ1n) is 6.91. The van der Waals surface area contributed by atoms with E-state index in [4.69, 9.17) is 0 Å². The van der Waals surface area contributed by atoms with Crippen LogP contribution in [0, 0.1) is 0 Å². The van der Waals surface area contributed by atoms with E-state index >= 15 is 0 Å². The Morgan fingerprint density at radius 2 is 2.06 bits per heavy atom. The van der Waals surface area contributed by atoms with Gasteiger partial charge in [-0.05, 0) is 44.5 Å². The van der Waals surface area contributed by atoms with Gasteiger partial charge in [-0.25, -0.2) is 0 Å². The maximum Gasteiger partial charge on any atom is 0.133 e. The van der Waals surface area contributed by atoms with Crippen molar-refractivity contribution in [2.45, 2.75) is 31.8 Å². The highest BCUT2D eigenvalue weighted by atomic mass is 16.3. The smallest absolute Gasteiger partial charge is 0.133 e. The van der Waals surface area contributed by atoms with Crippen molar-refractivity contribution in [3.05, 3.63) is 24.0 Å². The normalized spacial score (nSPS) is 25.9. The van der Waals surface area contributed by atoms with E-state index in [9.17, 15) is 5.11 Å². The maximum absolute atomic E-state index is 9.22. The van der Waals surface area contributed by atoms with Crippen molar-refractivity contribution in [1.82, 2.24) is 14.8 Å². The third-order valence-corrected chi connectivity index (χ3v) is 4.10. The molecule has 0 saturated carbocycles. The van der Waals surface area contributed by atoms with Gasteiger partial charge in [0.25, 0.3) is 0 Å². The minimum Gasteiger partial charge on any atom is -0.506 e. The van der Waals surface area contributed by atoms with Crippen LogP contribution in [0.15, 0.2) is 18.3 Å². The second-order valence-corrected chi connectivity index (χ2v) is 5.43. The van der Waals surface area contributed by atoms with Crippen LogP contribution < -0.4 is 0 Å². The monoisotopic (exact) mass is 247 g/mol. The standard InChI is InChI=1S/C14H21N3O/c18-14-4-3-12(15-9-14)10-16-8-5-13(11-16)17-6-1-2-7-17/h3-4,9,13,18H,1-2,5-8,10-11H2. The van der Waals surface area contributed by atoms with E-state index in [0.29, 0.717) is 0 Å². The van der Waals surface area contributed by atoms with Gasteiger partial charge in [-0.2, -0.15) is 0 Å². The summed E-state index contributed by atoms with van der Waals surface area (Å²) in [5, 5.41) is 9.22. The fourth-order valence-electron chi connectivity index (χ4n) is 3.10. The van der Waals surface area contributed by atoms with Crippen molar-refractivity contribution >= 4 is 0 Å². The number of likely N-dealkylation sites (tertiary alicyclic amines) is 2. The molecule has 1 aromatic rings. The average Bonchev–Trinajstić information content (AvgIpc) is 3.02. The van der Waals surface area contributed by atoms with Crippen molar-refractivity contribution in [3.63, 3.8) is 0 Å². The van der Waals surface area contributed by atoms with E-state index in [0.717, 1.165) is 18.3 Å². The van der Waals surface area contributed by atoms with E-state index in [-0.39, 0.29) is 5.75 Å². The Hall–Kier alpha value is -1.13. The molecule has 0 aromatic carbocycles. The van der Waals surface area contributed by atoms with Crippen LogP contribution >= 0.6 is 0 Å². The summed E-state index contributed by atoms with van der Waals surface area (Å²) < 4.78 is 0. The topological polar surface area (TPSA) is 39.6 Å². The van der Waals surface area contributed by atoms with Gasteiger partial charge in [-0.1, -0.05) is 0 Å². The van der Waals surface area contributed by atoms with Crippen molar-refractivity contribution < 1.29 is 5.11 Å². The van der Waals surface area contributed by atoms with E-state index in [1.807, 2.05) is 6.07 Å². The molecule has 0 radical (unpaired) electrons. The lowest BCUT2D eigenvalue weighted by atomic mass is 10.2. The molecule has 0 amide bonds. The Morgan fingerprint density at radius 3 is 2.78 bits per heavy atom. The summed E-state index contributed by atoms with van der Waals surface area (Å²) in [6.07, 6.45) is 5.56. The summed E-state index contributed by atoms with van der Waals surface area (Å²) in [5.74, 6) is 0.245. The van der Waals surface area contributed by atoms with Crippen molar-refractivity contribution in [2.24, 2.45) is 0 Å². The molecule has 2 aliphatic heterocycles. The van der Waals surface area contributed by atoms with Gasteiger partial charge < -0.3 is 5.11 Å². The zero-order valence-corrected chi connectivity index (χ0v) is 10.8. The molecule has 2 aliphatic rings. The van der Waals surface area contributed by atoms with Crippen LogP contribution in [0.25, 0.3) is 0 Å². The molecule has 1 aromatic heterocycles. The Morgan fingerprint density at radius 1 is 1.22 bits per heavy atom. The molecule has 1 unspecified atom stereocenters. The lowest BCUT2D eigenvalue weighted by molar-refractivity contribution is 0.229. The lowest BCUT2D eigenvalue weighted by Gasteiger charge is -2.23. The summed E-state index contributed by atoms with van der Waals surface area (Å²) >= 11 is 0. The zero-order chi connectivity index (χ0) is 12.4. The summed E-state index contributed by atoms with van der Waals surface area (Å²) in [6.45, 7) is 5.82. The maximum atomic E-state index is 9.22. The second kappa shape index (κ2) is 5.24. The first-order chi connectivity index (χ1) is 8.81. The SMILES string of the molecule is Oc1ccc(CN2CCC(N3CCCC3)C2)nc1. The van der Waals surface area contributed by atoms with Crippen molar-refractivity contribution in [2.75, 3.05) is 26.2 Å². The highest BCUT2D eigenvalue weighted by Gasteiger charge is 2.29. The van der Waals surface area contributed by atoms with Crippen LogP contribution in [0.4, 0.5) is 0 Å². The number of hydrogen-bond acceptors (Lipinski definition) is 4. The summed E-state index contributed by atoms with van der Waals surface area (Å²) in [5.41, 5.74) is 1.05. The highest BCUT2D eigenvalue weighted by Crippen LogP contribution is 2.21. The zero-order valence-electron chi connectivity index (χ0n) is 10.8. The fourth-order valence-corrected chi connectivity index (χ4v) is 3.10. The summed E-state index contributed by atoms with van der Waals surface area (Å²) in [4.78, 5) is 9.38. The average molecular weight is 247 g/mol. The first kappa shape index (κ1) is 11.9. The van der Waals surface area contributed by atoms with Crippen LogP contribution in [0.3, 0.4) is 0 Å². The Labute approximate surface area is 108 Å². The van der Waals surface area contributed by atoms with Crippen LogP contribution in [-0.2, 0) is 6.54 Å². The fraction of sp³-hybridized carbons (Fsp3) is 0.643. The van der Waals surface area contributed by atoms with Gasteiger partial charge in [0.15, 0.2) is 0 Å². The Kier molecular flexibility index (Phi) is 3.48. The molecular weight excluding hydrogens is 226 g/mol. The van der Waals surface area contributed by atoms with E-state index in [1.165, 1.54) is 51.6 Å². The second-order valence-electron chi connectivity index (χ2n) is 5.43. The molecule has 3 rings (SSSR count). The number of rotatable bonds is 3. The molecule has 2 fully saturated rings. The largest absolute Gasteiger partial charge is 0.506 e. The predicted molar refractivity (Wildman–Crippen MR) is 70.4 cm³/mol. The van der Waals surface area contributed by atoms with E-state index < -0.39 is 0 Å². The molecule has 1 atom stereocenters. The van der Waals surface area contributed by atoms with Crippen LogP contribution in [0.1, 0.15) is 25.0 Å². The third kappa shape index (κ3) is 2.65. The van der Waals surface area contributed by atoms with Gasteiger partial charge in [-0.3, -0.25) is 14.8 Å². The van der Waals surface area contributed by atoms with Crippen LogP contribution in [0.5, 0.6) is 5.75 Å². The molecule has 0 spiro atoms. The van der Waals surface area contributed by atoms with Crippen molar-refractivity contribution in [3.8, 4) is 5.75 Å². The van der Waals surface area contributed by atoms with E-state index in [1.54, 1.807) is 6.07 Å². The van der Waals surface area contributed by atoms with Gasteiger partial charge in [0, 0.05) is 25.7 Å². The predicted octanol–water partition coefficient (Wildman–Crippen LogP) is 1.46. The van der Waals surface area contributed by atoms with Crippen LogP contribution in [-0.4, -0.2) is 52.1 Å². The number of pyridine rings is 1.